The van der Waals surface area contributed by atoms with E-state index in [1.165, 1.54) is 0 Å². The Morgan fingerprint density at radius 3 is 3.00 bits per heavy atom. The maximum atomic E-state index is 4.29. The molecule has 0 aliphatic carbocycles. The SMILES string of the molecule is [CH2]c1cccc2[nH]c(C)nc12. The summed E-state index contributed by atoms with van der Waals surface area (Å²) in [6, 6.07) is 5.94. The van der Waals surface area contributed by atoms with Gasteiger partial charge in [-0.3, -0.25) is 0 Å². The van der Waals surface area contributed by atoms with E-state index in [9.17, 15) is 0 Å². The van der Waals surface area contributed by atoms with Crippen LogP contribution in [0.1, 0.15) is 11.4 Å². The number of H-pyrrole nitrogens is 1. The third-order valence-corrected chi connectivity index (χ3v) is 1.71. The lowest BCUT2D eigenvalue weighted by atomic mass is 10.2. The standard InChI is InChI=1S/C9H9N2/c1-6-4-3-5-8-9(6)11-7(2)10-8/h3-5H,1H2,2H3,(H,10,11). The predicted octanol–water partition coefficient (Wildman–Crippen LogP) is 2.05. The first-order valence-corrected chi connectivity index (χ1v) is 3.54. The van der Waals surface area contributed by atoms with Crippen LogP contribution in [-0.2, 0) is 0 Å². The Labute approximate surface area is 65.3 Å². The van der Waals surface area contributed by atoms with Gasteiger partial charge in [0.2, 0.25) is 0 Å². The zero-order valence-corrected chi connectivity index (χ0v) is 6.39. The van der Waals surface area contributed by atoms with Crippen LogP contribution in [0.2, 0.25) is 0 Å². The first-order chi connectivity index (χ1) is 5.27. The van der Waals surface area contributed by atoms with Gasteiger partial charge in [0.05, 0.1) is 11.0 Å². The summed E-state index contributed by atoms with van der Waals surface area (Å²) in [5.74, 6) is 0.941. The zero-order valence-electron chi connectivity index (χ0n) is 6.39. The van der Waals surface area contributed by atoms with Crippen LogP contribution in [0, 0.1) is 13.8 Å². The number of aromatic amines is 1. The van der Waals surface area contributed by atoms with Crippen molar-refractivity contribution in [2.24, 2.45) is 0 Å². The molecule has 1 aromatic carbocycles. The Bertz CT molecular complexity index is 387. The lowest BCUT2D eigenvalue weighted by Crippen LogP contribution is -1.74. The number of hydrogen-bond acceptors (Lipinski definition) is 1. The molecule has 11 heavy (non-hydrogen) atoms. The summed E-state index contributed by atoms with van der Waals surface area (Å²) in [5, 5.41) is 0. The van der Waals surface area contributed by atoms with E-state index >= 15 is 0 Å². The molecule has 1 radical (unpaired) electrons. The minimum Gasteiger partial charge on any atom is -0.342 e. The number of fused-ring (bicyclic) bond motifs is 1. The Morgan fingerprint density at radius 2 is 2.27 bits per heavy atom. The van der Waals surface area contributed by atoms with Gasteiger partial charge in [-0.15, -0.1) is 0 Å². The number of aromatic nitrogens is 2. The van der Waals surface area contributed by atoms with E-state index in [2.05, 4.69) is 16.9 Å². The second-order valence-electron chi connectivity index (χ2n) is 2.64. The molecule has 0 spiro atoms. The Morgan fingerprint density at radius 1 is 1.45 bits per heavy atom. The molecule has 0 saturated carbocycles. The largest absolute Gasteiger partial charge is 0.342 e. The third kappa shape index (κ3) is 0.909. The van der Waals surface area contributed by atoms with Gasteiger partial charge in [-0.05, 0) is 25.5 Å². The molecule has 2 aromatic rings. The molecular formula is C9H9N2. The summed E-state index contributed by atoms with van der Waals surface area (Å²) < 4.78 is 0. The average molecular weight is 145 g/mol. The smallest absolute Gasteiger partial charge is 0.104 e. The van der Waals surface area contributed by atoms with Crippen LogP contribution in [0.15, 0.2) is 18.2 Å². The maximum absolute atomic E-state index is 4.29. The number of hydrogen-bond donors (Lipinski definition) is 1. The van der Waals surface area contributed by atoms with Gasteiger partial charge in [0, 0.05) is 0 Å². The van der Waals surface area contributed by atoms with Gasteiger partial charge in [0.15, 0.2) is 0 Å². The molecule has 1 heterocycles. The predicted molar refractivity (Wildman–Crippen MR) is 45.3 cm³/mol. The number of nitrogens with one attached hydrogen (secondary N) is 1. The molecule has 0 bridgehead atoms. The van der Waals surface area contributed by atoms with Crippen molar-refractivity contribution >= 4 is 11.0 Å². The molecule has 0 aliphatic rings. The van der Waals surface area contributed by atoms with E-state index in [0.717, 1.165) is 22.4 Å². The number of para-hydroxylation sites is 1. The number of aryl methyl sites for hydroxylation is 1. The minimum absolute atomic E-state index is 0.941. The first kappa shape index (κ1) is 6.40. The Balaban J connectivity index is 2.90. The molecular weight excluding hydrogens is 136 g/mol. The highest BCUT2D eigenvalue weighted by molar-refractivity contribution is 5.79. The molecule has 1 N–H and O–H groups in total. The molecule has 0 unspecified atom stereocenters. The number of rotatable bonds is 0. The van der Waals surface area contributed by atoms with Gasteiger partial charge in [-0.1, -0.05) is 12.1 Å². The van der Waals surface area contributed by atoms with Crippen LogP contribution in [0.5, 0.6) is 0 Å². The van der Waals surface area contributed by atoms with Crippen LogP contribution in [0.4, 0.5) is 0 Å². The first-order valence-electron chi connectivity index (χ1n) is 3.54. The average Bonchev–Trinajstić information content (AvgIpc) is 2.31. The molecule has 0 saturated heterocycles. The van der Waals surface area contributed by atoms with Gasteiger partial charge in [-0.25, -0.2) is 4.98 Å². The molecule has 0 amide bonds. The molecule has 2 heteroatoms. The highest BCUT2D eigenvalue weighted by Gasteiger charge is 1.99. The van der Waals surface area contributed by atoms with Crippen molar-refractivity contribution in [3.63, 3.8) is 0 Å². The molecule has 0 fully saturated rings. The second kappa shape index (κ2) is 2.09. The Hall–Kier alpha value is -1.31. The van der Waals surface area contributed by atoms with Crippen LogP contribution >= 0.6 is 0 Å². The van der Waals surface area contributed by atoms with E-state index in [0.29, 0.717) is 0 Å². The van der Waals surface area contributed by atoms with Crippen molar-refractivity contribution in [3.05, 3.63) is 36.5 Å². The van der Waals surface area contributed by atoms with Gasteiger partial charge in [0.1, 0.15) is 5.82 Å². The van der Waals surface area contributed by atoms with Crippen LogP contribution in [0.25, 0.3) is 11.0 Å². The normalized spacial score (nSPS) is 10.7. The van der Waals surface area contributed by atoms with Crippen molar-refractivity contribution in [2.45, 2.75) is 6.92 Å². The van der Waals surface area contributed by atoms with Gasteiger partial charge >= 0.3 is 0 Å². The second-order valence-corrected chi connectivity index (χ2v) is 2.64. The molecule has 2 rings (SSSR count). The van der Waals surface area contributed by atoms with E-state index in [4.69, 9.17) is 0 Å². The van der Waals surface area contributed by atoms with Crippen LogP contribution < -0.4 is 0 Å². The summed E-state index contributed by atoms with van der Waals surface area (Å²) in [6.45, 7) is 5.82. The molecule has 1 aromatic heterocycles. The van der Waals surface area contributed by atoms with E-state index in [-0.39, 0.29) is 0 Å². The summed E-state index contributed by atoms with van der Waals surface area (Å²) in [7, 11) is 0. The summed E-state index contributed by atoms with van der Waals surface area (Å²) in [4.78, 5) is 7.44. The van der Waals surface area contributed by atoms with Crippen molar-refractivity contribution in [1.29, 1.82) is 0 Å². The van der Waals surface area contributed by atoms with E-state index in [1.54, 1.807) is 0 Å². The summed E-state index contributed by atoms with van der Waals surface area (Å²) >= 11 is 0. The quantitative estimate of drug-likeness (QED) is 0.603. The summed E-state index contributed by atoms with van der Waals surface area (Å²) in [6.07, 6.45) is 0. The lowest BCUT2D eigenvalue weighted by molar-refractivity contribution is 1.17. The van der Waals surface area contributed by atoms with Gasteiger partial charge < -0.3 is 4.98 Å². The molecule has 2 nitrogen and oxygen atoms in total. The number of nitrogens with zero attached hydrogens (tertiary/aromatic N) is 1. The maximum Gasteiger partial charge on any atom is 0.104 e. The fourth-order valence-electron chi connectivity index (χ4n) is 1.21. The van der Waals surface area contributed by atoms with Gasteiger partial charge in [0.25, 0.3) is 0 Å². The molecule has 0 atom stereocenters. The minimum atomic E-state index is 0.941. The number of imidazole rings is 1. The Kier molecular flexibility index (Phi) is 1.22. The van der Waals surface area contributed by atoms with Crippen molar-refractivity contribution < 1.29 is 0 Å². The fourth-order valence-corrected chi connectivity index (χ4v) is 1.21. The third-order valence-electron chi connectivity index (χ3n) is 1.71. The van der Waals surface area contributed by atoms with Crippen molar-refractivity contribution in [3.8, 4) is 0 Å². The zero-order chi connectivity index (χ0) is 7.84. The fraction of sp³-hybridized carbons (Fsp3) is 0.111. The number of benzene rings is 1. The van der Waals surface area contributed by atoms with Crippen molar-refractivity contribution in [1.82, 2.24) is 9.97 Å². The highest BCUT2D eigenvalue weighted by atomic mass is 14.9. The van der Waals surface area contributed by atoms with Crippen LogP contribution in [0.3, 0.4) is 0 Å². The van der Waals surface area contributed by atoms with E-state index in [1.807, 2.05) is 25.1 Å². The molecule has 55 valence electrons. The topological polar surface area (TPSA) is 28.7 Å². The molecule has 0 aliphatic heterocycles. The monoisotopic (exact) mass is 145 g/mol. The van der Waals surface area contributed by atoms with Gasteiger partial charge in [-0.2, -0.15) is 0 Å². The van der Waals surface area contributed by atoms with Crippen molar-refractivity contribution in [2.75, 3.05) is 0 Å². The van der Waals surface area contributed by atoms with E-state index < -0.39 is 0 Å². The van der Waals surface area contributed by atoms with Crippen LogP contribution in [-0.4, -0.2) is 9.97 Å². The summed E-state index contributed by atoms with van der Waals surface area (Å²) in [5.41, 5.74) is 3.02. The highest BCUT2D eigenvalue weighted by Crippen LogP contribution is 2.14. The lowest BCUT2D eigenvalue weighted by Gasteiger charge is -1.90.